The lowest BCUT2D eigenvalue weighted by Gasteiger charge is -2.25. The average molecular weight is 442 g/mol. The molecule has 0 aliphatic carbocycles. The monoisotopic (exact) mass is 441 g/mol. The summed E-state index contributed by atoms with van der Waals surface area (Å²) in [7, 11) is -4.00. The normalized spacial score (nSPS) is 15.1. The predicted octanol–water partition coefficient (Wildman–Crippen LogP) is 3.95. The molecule has 2 N–H and O–H groups in total. The van der Waals surface area contributed by atoms with Crippen LogP contribution in [0.25, 0.3) is 0 Å². The van der Waals surface area contributed by atoms with Gasteiger partial charge in [-0.15, -0.1) is 0 Å². The Bertz CT molecular complexity index is 1090. The molecular weight excluding hydrogens is 418 g/mol. The van der Waals surface area contributed by atoms with E-state index in [1.807, 2.05) is 42.5 Å². The molecule has 162 valence electrons. The molecule has 31 heavy (non-hydrogen) atoms. The van der Waals surface area contributed by atoms with Crippen LogP contribution >= 0.6 is 0 Å². The van der Waals surface area contributed by atoms with E-state index in [0.29, 0.717) is 13.0 Å². The molecule has 0 aromatic heterocycles. The van der Waals surface area contributed by atoms with Gasteiger partial charge in [0.25, 0.3) is 10.1 Å². The van der Waals surface area contributed by atoms with Gasteiger partial charge in [0.15, 0.2) is 6.23 Å². The first-order chi connectivity index (χ1) is 14.9. The highest BCUT2D eigenvalue weighted by molar-refractivity contribution is 7.85. The van der Waals surface area contributed by atoms with Gasteiger partial charge in [-0.1, -0.05) is 72.8 Å². The van der Waals surface area contributed by atoms with Crippen molar-refractivity contribution >= 4 is 16.3 Å². The molecule has 4 rings (SSSR count). The Morgan fingerprint density at radius 3 is 2.10 bits per heavy atom. The van der Waals surface area contributed by atoms with Gasteiger partial charge in [0.2, 0.25) is 0 Å². The zero-order valence-electron chi connectivity index (χ0n) is 16.7. The lowest BCUT2D eigenvalue weighted by molar-refractivity contribution is 0.00487. The quantitative estimate of drug-likeness (QED) is 0.467. The number of benzene rings is 3. The summed E-state index contributed by atoms with van der Waals surface area (Å²) in [6, 6.07) is 25.1. The molecule has 3 aromatic carbocycles. The maximum absolute atomic E-state index is 11.7. The van der Waals surface area contributed by atoms with Gasteiger partial charge in [-0.25, -0.2) is 4.79 Å². The maximum Gasteiger partial charge on any atom is 0.510 e. The first kappa shape index (κ1) is 22.5. The van der Waals surface area contributed by atoms with E-state index in [1.165, 1.54) is 23.3 Å². The number of carbonyl (C=O) groups is 1. The number of carbonyl (C=O) groups excluding carboxylic acids is 1. The standard InChI is InChI=1S/C17H17NO3.C6H6O3S/c19-17(20-12-13-6-2-1-3-7-13)21-16-10-14-8-4-5-9-15(14)11-18-16;7-10(8,9)6-4-2-1-3-5-6/h1-9,16,18H,10-12H2;1-5H,(H,7,8,9). The molecule has 8 heteroatoms. The summed E-state index contributed by atoms with van der Waals surface area (Å²) >= 11 is 0. The largest absolute Gasteiger partial charge is 0.510 e. The van der Waals surface area contributed by atoms with Crippen LogP contribution in [0.15, 0.2) is 89.8 Å². The van der Waals surface area contributed by atoms with Gasteiger partial charge in [0.05, 0.1) is 4.90 Å². The lowest BCUT2D eigenvalue weighted by atomic mass is 10.0. The molecule has 1 unspecified atom stereocenters. The summed E-state index contributed by atoms with van der Waals surface area (Å²) < 4.78 is 39.7. The van der Waals surface area contributed by atoms with E-state index in [9.17, 15) is 13.2 Å². The molecule has 3 aromatic rings. The molecular formula is C23H23NO6S. The Morgan fingerprint density at radius 2 is 1.48 bits per heavy atom. The summed E-state index contributed by atoms with van der Waals surface area (Å²) in [5.74, 6) is 0. The van der Waals surface area contributed by atoms with E-state index in [4.69, 9.17) is 14.0 Å². The van der Waals surface area contributed by atoms with Crippen LogP contribution in [0.1, 0.15) is 16.7 Å². The Kier molecular flexibility index (Phi) is 7.77. The van der Waals surface area contributed by atoms with Gasteiger partial charge >= 0.3 is 6.16 Å². The van der Waals surface area contributed by atoms with Crippen LogP contribution in [-0.4, -0.2) is 25.4 Å². The van der Waals surface area contributed by atoms with E-state index in [2.05, 4.69) is 17.4 Å². The Balaban J connectivity index is 0.000000229. The third-order valence-corrected chi connectivity index (χ3v) is 5.39. The van der Waals surface area contributed by atoms with Gasteiger partial charge < -0.3 is 9.47 Å². The second-order valence-corrected chi connectivity index (χ2v) is 8.19. The highest BCUT2D eigenvalue weighted by Gasteiger charge is 2.21. The van der Waals surface area contributed by atoms with Crippen molar-refractivity contribution in [3.8, 4) is 0 Å². The van der Waals surface area contributed by atoms with Gasteiger partial charge in [0.1, 0.15) is 6.61 Å². The van der Waals surface area contributed by atoms with Crippen molar-refractivity contribution in [2.75, 3.05) is 0 Å². The molecule has 7 nitrogen and oxygen atoms in total. The number of hydrogen-bond acceptors (Lipinski definition) is 6. The van der Waals surface area contributed by atoms with Crippen molar-refractivity contribution < 1.29 is 27.2 Å². The van der Waals surface area contributed by atoms with E-state index in [1.54, 1.807) is 18.2 Å². The molecule has 0 amide bonds. The minimum atomic E-state index is -4.00. The topological polar surface area (TPSA) is 102 Å². The first-order valence-corrected chi connectivity index (χ1v) is 11.1. The van der Waals surface area contributed by atoms with Crippen LogP contribution in [0.4, 0.5) is 4.79 Å². The number of fused-ring (bicyclic) bond motifs is 1. The molecule has 1 aliphatic heterocycles. The van der Waals surface area contributed by atoms with Crippen LogP contribution in [-0.2, 0) is 39.2 Å². The molecule has 0 saturated heterocycles. The van der Waals surface area contributed by atoms with Crippen molar-refractivity contribution in [1.29, 1.82) is 0 Å². The number of nitrogens with one attached hydrogen (secondary N) is 1. The Morgan fingerprint density at radius 1 is 0.903 bits per heavy atom. The van der Waals surface area contributed by atoms with E-state index in [-0.39, 0.29) is 17.7 Å². The van der Waals surface area contributed by atoms with Gasteiger partial charge in [-0.2, -0.15) is 8.42 Å². The van der Waals surface area contributed by atoms with Crippen molar-refractivity contribution in [1.82, 2.24) is 5.32 Å². The SMILES string of the molecule is O=C(OCc1ccccc1)OC1Cc2ccccc2CN1.O=S(=O)(O)c1ccccc1. The molecule has 1 heterocycles. The van der Waals surface area contributed by atoms with Crippen LogP contribution in [0.5, 0.6) is 0 Å². The van der Waals surface area contributed by atoms with Crippen molar-refractivity contribution in [3.63, 3.8) is 0 Å². The van der Waals surface area contributed by atoms with Crippen LogP contribution in [0.3, 0.4) is 0 Å². The highest BCUT2D eigenvalue weighted by Crippen LogP contribution is 2.17. The van der Waals surface area contributed by atoms with Gasteiger partial charge in [-0.3, -0.25) is 9.87 Å². The van der Waals surface area contributed by atoms with Crippen molar-refractivity contribution in [2.45, 2.75) is 30.7 Å². The first-order valence-electron chi connectivity index (χ1n) is 9.62. The molecule has 0 radical (unpaired) electrons. The molecule has 1 aliphatic rings. The minimum absolute atomic E-state index is 0.0741. The zero-order chi connectivity index (χ0) is 22.1. The van der Waals surface area contributed by atoms with Crippen LogP contribution in [0, 0.1) is 0 Å². The van der Waals surface area contributed by atoms with Crippen molar-refractivity contribution in [2.24, 2.45) is 0 Å². The molecule has 1 atom stereocenters. The smallest absolute Gasteiger partial charge is 0.429 e. The average Bonchev–Trinajstić information content (AvgIpc) is 2.79. The number of rotatable bonds is 4. The van der Waals surface area contributed by atoms with Gasteiger partial charge in [-0.05, 0) is 28.8 Å². The fourth-order valence-electron chi connectivity index (χ4n) is 2.97. The number of hydrogen-bond donors (Lipinski definition) is 2. The van der Waals surface area contributed by atoms with E-state index < -0.39 is 16.3 Å². The highest BCUT2D eigenvalue weighted by atomic mass is 32.2. The Hall–Kier alpha value is -3.20. The molecule has 0 bridgehead atoms. The van der Waals surface area contributed by atoms with E-state index in [0.717, 1.165) is 5.56 Å². The summed E-state index contributed by atoms with van der Waals surface area (Å²) in [5, 5.41) is 3.18. The fraction of sp³-hybridized carbons (Fsp3) is 0.174. The van der Waals surface area contributed by atoms with Crippen LogP contribution in [0.2, 0.25) is 0 Å². The molecule has 0 spiro atoms. The lowest BCUT2D eigenvalue weighted by Crippen LogP contribution is -2.39. The Labute approximate surface area is 181 Å². The van der Waals surface area contributed by atoms with E-state index >= 15 is 0 Å². The zero-order valence-corrected chi connectivity index (χ0v) is 17.5. The maximum atomic E-state index is 11.7. The third kappa shape index (κ3) is 7.21. The van der Waals surface area contributed by atoms with Crippen LogP contribution < -0.4 is 5.32 Å². The minimum Gasteiger partial charge on any atom is -0.429 e. The summed E-state index contributed by atoms with van der Waals surface area (Å²) in [6.45, 7) is 0.926. The second kappa shape index (κ2) is 10.7. The van der Waals surface area contributed by atoms with Crippen molar-refractivity contribution in [3.05, 3.63) is 102 Å². The molecule has 0 fully saturated rings. The third-order valence-electron chi connectivity index (χ3n) is 4.52. The predicted molar refractivity (Wildman–Crippen MR) is 115 cm³/mol. The fourth-order valence-corrected chi connectivity index (χ4v) is 3.47. The summed E-state index contributed by atoms with van der Waals surface area (Å²) in [5.41, 5.74) is 3.39. The molecule has 0 saturated carbocycles. The number of ether oxygens (including phenoxy) is 2. The summed E-state index contributed by atoms with van der Waals surface area (Å²) in [4.78, 5) is 11.6. The van der Waals surface area contributed by atoms with Gasteiger partial charge in [0, 0.05) is 13.0 Å². The summed E-state index contributed by atoms with van der Waals surface area (Å²) in [6.07, 6.45) is -0.310. The second-order valence-electron chi connectivity index (χ2n) is 6.77.